The van der Waals surface area contributed by atoms with Gasteiger partial charge in [0.15, 0.2) is 11.5 Å². The number of nitrogens with zero attached hydrogens (tertiary/aromatic N) is 1. The maximum Gasteiger partial charge on any atom is 0.322 e. The summed E-state index contributed by atoms with van der Waals surface area (Å²) in [5.41, 5.74) is 1.29. The predicted molar refractivity (Wildman–Crippen MR) is 66.2 cm³/mol. The molecule has 1 amide bonds. The van der Waals surface area contributed by atoms with Gasteiger partial charge >= 0.3 is 5.97 Å². The molecule has 1 aromatic carbocycles. The first-order chi connectivity index (χ1) is 9.66. The summed E-state index contributed by atoms with van der Waals surface area (Å²) in [4.78, 5) is 22.3. The highest BCUT2D eigenvalue weighted by atomic mass is 16.5. The number of carbonyl (C=O) groups excluding carboxylic acids is 1. The van der Waals surface area contributed by atoms with Crippen molar-refractivity contribution in [3.63, 3.8) is 0 Å². The number of amides is 1. The van der Waals surface area contributed by atoms with Gasteiger partial charge in [-0.3, -0.25) is 9.59 Å². The van der Waals surface area contributed by atoms with Crippen LogP contribution in [0.4, 0.5) is 0 Å². The maximum absolute atomic E-state index is 11.8. The first-order valence-corrected chi connectivity index (χ1v) is 5.87. The van der Waals surface area contributed by atoms with Crippen LogP contribution in [0.5, 0.6) is 5.75 Å². The molecule has 0 radical (unpaired) electrons. The third-order valence-electron chi connectivity index (χ3n) is 2.91. The van der Waals surface area contributed by atoms with Gasteiger partial charge < -0.3 is 19.7 Å². The second kappa shape index (κ2) is 4.69. The Balaban J connectivity index is 1.93. The Hall–Kier alpha value is -2.83. The normalized spacial score (nSPS) is 12.0. The van der Waals surface area contributed by atoms with Gasteiger partial charge in [-0.05, 0) is 12.1 Å². The van der Waals surface area contributed by atoms with E-state index in [1.807, 2.05) is 12.1 Å². The van der Waals surface area contributed by atoms with Crippen molar-refractivity contribution in [1.82, 2.24) is 10.5 Å². The predicted octanol–water partition coefficient (Wildman–Crippen LogP) is 1.05. The molecule has 2 aromatic rings. The standard InChI is InChI=1S/C13H10N2O5/c16-10(17)5-14-13(18)11-8-6-19-9-4-2-1-3-7(9)12(8)20-15-11/h1-4H,5-6H2,(H,14,18)(H,16,17). The molecule has 0 atom stereocenters. The number of para-hydroxylation sites is 1. The van der Waals surface area contributed by atoms with E-state index >= 15 is 0 Å². The molecule has 102 valence electrons. The molecule has 0 bridgehead atoms. The smallest absolute Gasteiger partial charge is 0.322 e. The molecule has 0 fully saturated rings. The van der Waals surface area contributed by atoms with E-state index in [0.29, 0.717) is 17.1 Å². The SMILES string of the molecule is O=C(O)CNC(=O)c1noc2c1COc1ccccc1-2. The van der Waals surface area contributed by atoms with Crippen LogP contribution in [0.2, 0.25) is 0 Å². The van der Waals surface area contributed by atoms with E-state index in [1.54, 1.807) is 12.1 Å². The lowest BCUT2D eigenvalue weighted by molar-refractivity contribution is -0.135. The lowest BCUT2D eigenvalue weighted by Gasteiger charge is -2.15. The molecule has 3 rings (SSSR count). The molecular weight excluding hydrogens is 264 g/mol. The van der Waals surface area contributed by atoms with Crippen LogP contribution in [0, 0.1) is 0 Å². The third-order valence-corrected chi connectivity index (χ3v) is 2.91. The number of rotatable bonds is 3. The molecule has 1 aromatic heterocycles. The summed E-state index contributed by atoms with van der Waals surface area (Å²) in [6.45, 7) is -0.316. The quantitative estimate of drug-likeness (QED) is 0.867. The van der Waals surface area contributed by atoms with Crippen LogP contribution in [0.1, 0.15) is 16.1 Å². The van der Waals surface area contributed by atoms with Crippen molar-refractivity contribution in [1.29, 1.82) is 0 Å². The van der Waals surface area contributed by atoms with Crippen LogP contribution in [0.3, 0.4) is 0 Å². The van der Waals surface area contributed by atoms with E-state index in [9.17, 15) is 9.59 Å². The van der Waals surface area contributed by atoms with Gasteiger partial charge in [0.2, 0.25) is 0 Å². The summed E-state index contributed by atoms with van der Waals surface area (Å²) >= 11 is 0. The summed E-state index contributed by atoms with van der Waals surface area (Å²) in [6.07, 6.45) is 0. The second-order valence-electron chi connectivity index (χ2n) is 4.20. The summed E-state index contributed by atoms with van der Waals surface area (Å²) in [5.74, 6) is -0.585. The molecular formula is C13H10N2O5. The van der Waals surface area contributed by atoms with Crippen LogP contribution in [0.15, 0.2) is 28.8 Å². The van der Waals surface area contributed by atoms with Crippen molar-refractivity contribution in [3.8, 4) is 17.1 Å². The number of benzene rings is 1. The minimum absolute atomic E-state index is 0.0516. The first-order valence-electron chi connectivity index (χ1n) is 5.87. The Morgan fingerprint density at radius 3 is 2.95 bits per heavy atom. The molecule has 1 aliphatic heterocycles. The van der Waals surface area contributed by atoms with Crippen molar-refractivity contribution in [3.05, 3.63) is 35.5 Å². The van der Waals surface area contributed by atoms with Crippen molar-refractivity contribution in [2.24, 2.45) is 0 Å². The minimum Gasteiger partial charge on any atom is -0.488 e. The van der Waals surface area contributed by atoms with E-state index in [0.717, 1.165) is 5.56 Å². The van der Waals surface area contributed by atoms with Crippen LogP contribution < -0.4 is 10.1 Å². The summed E-state index contributed by atoms with van der Waals surface area (Å²) in [6, 6.07) is 7.26. The third kappa shape index (κ3) is 1.99. The average molecular weight is 274 g/mol. The molecule has 2 heterocycles. The number of carboxylic acid groups (broad SMARTS) is 1. The largest absolute Gasteiger partial charge is 0.488 e. The average Bonchev–Trinajstić information content (AvgIpc) is 2.89. The van der Waals surface area contributed by atoms with Crippen molar-refractivity contribution in [2.75, 3.05) is 6.54 Å². The van der Waals surface area contributed by atoms with Crippen molar-refractivity contribution < 1.29 is 24.0 Å². The highest BCUT2D eigenvalue weighted by molar-refractivity contribution is 5.97. The van der Waals surface area contributed by atoms with Crippen molar-refractivity contribution >= 4 is 11.9 Å². The zero-order valence-electron chi connectivity index (χ0n) is 10.3. The zero-order valence-corrected chi connectivity index (χ0v) is 10.3. The van der Waals surface area contributed by atoms with Gasteiger partial charge in [-0.25, -0.2) is 0 Å². The second-order valence-corrected chi connectivity index (χ2v) is 4.20. The Morgan fingerprint density at radius 1 is 1.35 bits per heavy atom. The molecule has 0 saturated heterocycles. The fourth-order valence-electron chi connectivity index (χ4n) is 2.00. The highest BCUT2D eigenvalue weighted by Crippen LogP contribution is 2.38. The lowest BCUT2D eigenvalue weighted by atomic mass is 10.0. The van der Waals surface area contributed by atoms with E-state index in [2.05, 4.69) is 10.5 Å². The fourth-order valence-corrected chi connectivity index (χ4v) is 2.00. The molecule has 20 heavy (non-hydrogen) atoms. The van der Waals surface area contributed by atoms with E-state index in [-0.39, 0.29) is 12.3 Å². The van der Waals surface area contributed by atoms with Gasteiger partial charge in [-0.1, -0.05) is 17.3 Å². The van der Waals surface area contributed by atoms with Crippen LogP contribution in [-0.4, -0.2) is 28.7 Å². The Labute approximate surface area is 113 Å². The first kappa shape index (κ1) is 12.2. The van der Waals surface area contributed by atoms with Crippen LogP contribution in [-0.2, 0) is 11.4 Å². The molecule has 0 unspecified atom stereocenters. The number of hydrogen-bond acceptors (Lipinski definition) is 5. The van der Waals surface area contributed by atoms with Gasteiger partial charge in [-0.2, -0.15) is 0 Å². The molecule has 1 aliphatic rings. The Kier molecular flexibility index (Phi) is 2.86. The van der Waals surface area contributed by atoms with Crippen molar-refractivity contribution in [2.45, 2.75) is 6.61 Å². The number of nitrogens with one attached hydrogen (secondary N) is 1. The summed E-state index contributed by atoms with van der Waals surface area (Å²) < 4.78 is 10.7. The van der Waals surface area contributed by atoms with Gasteiger partial charge in [0.05, 0.1) is 11.1 Å². The van der Waals surface area contributed by atoms with Crippen LogP contribution in [0.25, 0.3) is 11.3 Å². The molecule has 0 aliphatic carbocycles. The lowest BCUT2D eigenvalue weighted by Crippen LogP contribution is -2.30. The Bertz CT molecular complexity index is 692. The summed E-state index contributed by atoms with van der Waals surface area (Å²) in [5, 5.41) is 14.5. The van der Waals surface area contributed by atoms with Gasteiger partial charge in [-0.15, -0.1) is 0 Å². The fraction of sp³-hybridized carbons (Fsp3) is 0.154. The number of carboxylic acids is 1. The van der Waals surface area contributed by atoms with E-state index in [1.165, 1.54) is 0 Å². The van der Waals surface area contributed by atoms with Gasteiger partial charge in [0.25, 0.3) is 5.91 Å². The van der Waals surface area contributed by atoms with E-state index in [4.69, 9.17) is 14.4 Å². The maximum atomic E-state index is 11.8. The van der Waals surface area contributed by atoms with Gasteiger partial charge in [0, 0.05) is 0 Å². The number of aliphatic carboxylic acids is 1. The zero-order chi connectivity index (χ0) is 14.1. The molecule has 0 saturated carbocycles. The van der Waals surface area contributed by atoms with E-state index < -0.39 is 18.4 Å². The molecule has 0 spiro atoms. The number of fused-ring (bicyclic) bond motifs is 3. The molecule has 2 N–H and O–H groups in total. The number of ether oxygens (including phenoxy) is 1. The van der Waals surface area contributed by atoms with Gasteiger partial charge in [0.1, 0.15) is 18.9 Å². The number of carbonyl (C=O) groups is 2. The summed E-state index contributed by atoms with van der Waals surface area (Å²) in [7, 11) is 0. The molecule has 7 nitrogen and oxygen atoms in total. The molecule has 7 heteroatoms. The number of hydrogen-bond donors (Lipinski definition) is 2. The number of aromatic nitrogens is 1. The topological polar surface area (TPSA) is 102 Å². The Morgan fingerprint density at radius 2 is 2.15 bits per heavy atom. The highest BCUT2D eigenvalue weighted by Gasteiger charge is 2.28. The minimum atomic E-state index is -1.13. The monoisotopic (exact) mass is 274 g/mol. The van der Waals surface area contributed by atoms with Crippen LogP contribution >= 0.6 is 0 Å².